The standard InChI is InChI=1S/C20H26N4O2/c1-14-17(15(2)24-23-14)13-21-19(26)20(11-7-6-10-18(25)22-20)12-16-8-4-3-5-9-16/h3-5,8-9H,6-7,10-13H2,1-2H3,(H,21,26)(H,22,25)(H,23,24). The SMILES string of the molecule is Cc1n[nH]c(C)c1CNC(=O)C1(Cc2ccccc2)CCCCC(=O)N1. The van der Waals surface area contributed by atoms with Crippen molar-refractivity contribution in [3.63, 3.8) is 0 Å². The summed E-state index contributed by atoms with van der Waals surface area (Å²) < 4.78 is 0. The van der Waals surface area contributed by atoms with Crippen LogP contribution in [0.5, 0.6) is 0 Å². The molecular formula is C20H26N4O2. The molecule has 0 spiro atoms. The number of nitrogens with one attached hydrogen (secondary N) is 3. The van der Waals surface area contributed by atoms with E-state index in [4.69, 9.17) is 0 Å². The van der Waals surface area contributed by atoms with Crippen LogP contribution in [0.1, 0.15) is 48.2 Å². The summed E-state index contributed by atoms with van der Waals surface area (Å²) in [7, 11) is 0. The number of H-pyrrole nitrogens is 1. The maximum Gasteiger partial charge on any atom is 0.246 e. The van der Waals surface area contributed by atoms with Crippen molar-refractivity contribution in [2.75, 3.05) is 0 Å². The van der Waals surface area contributed by atoms with Crippen molar-refractivity contribution in [1.82, 2.24) is 20.8 Å². The summed E-state index contributed by atoms with van der Waals surface area (Å²) in [5, 5.41) is 13.2. The van der Waals surface area contributed by atoms with E-state index in [1.54, 1.807) is 0 Å². The monoisotopic (exact) mass is 354 g/mol. The van der Waals surface area contributed by atoms with Crippen molar-refractivity contribution in [2.24, 2.45) is 0 Å². The Morgan fingerprint density at radius 3 is 2.69 bits per heavy atom. The van der Waals surface area contributed by atoms with Crippen molar-refractivity contribution in [3.05, 3.63) is 52.8 Å². The highest BCUT2D eigenvalue weighted by atomic mass is 16.2. The third kappa shape index (κ3) is 3.95. The van der Waals surface area contributed by atoms with Gasteiger partial charge < -0.3 is 10.6 Å². The van der Waals surface area contributed by atoms with Crippen LogP contribution in [-0.2, 0) is 22.6 Å². The Bertz CT molecular complexity index is 765. The van der Waals surface area contributed by atoms with Crippen LogP contribution in [0.4, 0.5) is 0 Å². The van der Waals surface area contributed by atoms with E-state index < -0.39 is 5.54 Å². The molecule has 2 heterocycles. The molecule has 2 aromatic rings. The zero-order valence-electron chi connectivity index (χ0n) is 15.4. The first-order valence-corrected chi connectivity index (χ1v) is 9.14. The van der Waals surface area contributed by atoms with Gasteiger partial charge in [0.1, 0.15) is 5.54 Å². The van der Waals surface area contributed by atoms with E-state index in [-0.39, 0.29) is 11.8 Å². The van der Waals surface area contributed by atoms with Crippen LogP contribution in [-0.4, -0.2) is 27.6 Å². The van der Waals surface area contributed by atoms with Gasteiger partial charge in [0, 0.05) is 30.6 Å². The van der Waals surface area contributed by atoms with Crippen LogP contribution in [0.2, 0.25) is 0 Å². The number of carbonyl (C=O) groups excluding carboxylic acids is 2. The Morgan fingerprint density at radius 2 is 2.00 bits per heavy atom. The fourth-order valence-corrected chi connectivity index (χ4v) is 3.60. The van der Waals surface area contributed by atoms with E-state index in [0.717, 1.165) is 35.4 Å². The average Bonchev–Trinajstić information content (AvgIpc) is 2.83. The van der Waals surface area contributed by atoms with Gasteiger partial charge in [-0.3, -0.25) is 14.7 Å². The number of aromatic nitrogens is 2. The van der Waals surface area contributed by atoms with E-state index in [0.29, 0.717) is 25.8 Å². The van der Waals surface area contributed by atoms with Crippen LogP contribution < -0.4 is 10.6 Å². The predicted molar refractivity (Wildman–Crippen MR) is 99.4 cm³/mol. The molecule has 0 saturated carbocycles. The molecule has 138 valence electrons. The number of benzene rings is 1. The Hall–Kier alpha value is -2.63. The number of hydrogen-bond donors (Lipinski definition) is 3. The van der Waals surface area contributed by atoms with Crippen LogP contribution in [0.25, 0.3) is 0 Å². The minimum atomic E-state index is -0.902. The molecule has 3 rings (SSSR count). The number of aryl methyl sites for hydroxylation is 2. The molecule has 1 aromatic carbocycles. The molecule has 0 aliphatic carbocycles. The third-order valence-corrected chi connectivity index (χ3v) is 5.13. The number of aromatic amines is 1. The van der Waals surface area contributed by atoms with Crippen molar-refractivity contribution < 1.29 is 9.59 Å². The second-order valence-corrected chi connectivity index (χ2v) is 7.10. The number of carbonyl (C=O) groups is 2. The van der Waals surface area contributed by atoms with Gasteiger partial charge in [-0.05, 0) is 32.3 Å². The van der Waals surface area contributed by atoms with Crippen LogP contribution in [0.15, 0.2) is 30.3 Å². The lowest BCUT2D eigenvalue weighted by atomic mass is 9.85. The van der Waals surface area contributed by atoms with Gasteiger partial charge in [-0.15, -0.1) is 0 Å². The maximum atomic E-state index is 13.2. The molecule has 26 heavy (non-hydrogen) atoms. The lowest BCUT2D eigenvalue weighted by Crippen LogP contribution is -2.59. The Kier molecular flexibility index (Phi) is 5.40. The van der Waals surface area contributed by atoms with Gasteiger partial charge in [-0.25, -0.2) is 0 Å². The minimum Gasteiger partial charge on any atom is -0.350 e. The molecule has 0 bridgehead atoms. The van der Waals surface area contributed by atoms with Crippen molar-refractivity contribution in [3.8, 4) is 0 Å². The second-order valence-electron chi connectivity index (χ2n) is 7.10. The number of nitrogens with zero attached hydrogens (tertiary/aromatic N) is 1. The van der Waals surface area contributed by atoms with Crippen LogP contribution in [0, 0.1) is 13.8 Å². The summed E-state index contributed by atoms with van der Waals surface area (Å²) in [6, 6.07) is 9.86. The molecule has 1 fully saturated rings. The number of rotatable bonds is 5. The zero-order valence-corrected chi connectivity index (χ0v) is 15.4. The highest BCUT2D eigenvalue weighted by molar-refractivity contribution is 5.92. The first-order chi connectivity index (χ1) is 12.5. The van der Waals surface area contributed by atoms with Gasteiger partial charge >= 0.3 is 0 Å². The van der Waals surface area contributed by atoms with Gasteiger partial charge in [0.25, 0.3) is 0 Å². The second kappa shape index (κ2) is 7.72. The largest absolute Gasteiger partial charge is 0.350 e. The molecule has 1 atom stereocenters. The minimum absolute atomic E-state index is 0.0516. The molecule has 6 heteroatoms. The first-order valence-electron chi connectivity index (χ1n) is 9.14. The zero-order chi connectivity index (χ0) is 18.6. The summed E-state index contributed by atoms with van der Waals surface area (Å²) in [4.78, 5) is 25.4. The fourth-order valence-electron chi connectivity index (χ4n) is 3.60. The summed E-state index contributed by atoms with van der Waals surface area (Å²) in [6.07, 6.45) is 3.28. The van der Waals surface area contributed by atoms with Gasteiger partial charge in [-0.2, -0.15) is 5.10 Å². The van der Waals surface area contributed by atoms with Gasteiger partial charge in [-0.1, -0.05) is 36.8 Å². The van der Waals surface area contributed by atoms with E-state index in [1.807, 2.05) is 44.2 Å². The van der Waals surface area contributed by atoms with E-state index in [1.165, 1.54) is 0 Å². The van der Waals surface area contributed by atoms with E-state index >= 15 is 0 Å². The summed E-state index contributed by atoms with van der Waals surface area (Å²) in [5.41, 5.74) is 2.96. The van der Waals surface area contributed by atoms with Crippen molar-refractivity contribution in [1.29, 1.82) is 0 Å². The molecule has 1 aliphatic rings. The van der Waals surface area contributed by atoms with Gasteiger partial charge in [0.05, 0.1) is 5.69 Å². The molecule has 1 aliphatic heterocycles. The first kappa shape index (κ1) is 18.2. The van der Waals surface area contributed by atoms with Gasteiger partial charge in [0.15, 0.2) is 0 Å². The smallest absolute Gasteiger partial charge is 0.246 e. The van der Waals surface area contributed by atoms with Crippen LogP contribution >= 0.6 is 0 Å². The molecule has 1 saturated heterocycles. The Morgan fingerprint density at radius 1 is 1.23 bits per heavy atom. The average molecular weight is 354 g/mol. The normalized spacial score (nSPS) is 20.3. The summed E-state index contributed by atoms with van der Waals surface area (Å²) in [5.74, 6) is -0.180. The maximum absolute atomic E-state index is 13.2. The molecule has 2 amide bonds. The van der Waals surface area contributed by atoms with Crippen molar-refractivity contribution >= 4 is 11.8 Å². The molecule has 1 aromatic heterocycles. The predicted octanol–water partition coefficient (Wildman–Crippen LogP) is 2.31. The summed E-state index contributed by atoms with van der Waals surface area (Å²) in [6.45, 7) is 4.26. The summed E-state index contributed by atoms with van der Waals surface area (Å²) >= 11 is 0. The molecule has 1 unspecified atom stereocenters. The van der Waals surface area contributed by atoms with Gasteiger partial charge in [0.2, 0.25) is 11.8 Å². The van der Waals surface area contributed by atoms with Crippen molar-refractivity contribution in [2.45, 2.75) is 58.0 Å². The Labute approximate surface area is 153 Å². The highest BCUT2D eigenvalue weighted by Crippen LogP contribution is 2.25. The molecule has 3 N–H and O–H groups in total. The lowest BCUT2D eigenvalue weighted by molar-refractivity contribution is -0.133. The third-order valence-electron chi connectivity index (χ3n) is 5.13. The van der Waals surface area contributed by atoms with E-state index in [2.05, 4.69) is 20.8 Å². The molecular weight excluding hydrogens is 328 g/mol. The molecule has 0 radical (unpaired) electrons. The topological polar surface area (TPSA) is 86.9 Å². The Balaban J connectivity index is 1.82. The van der Waals surface area contributed by atoms with E-state index in [9.17, 15) is 9.59 Å². The lowest BCUT2D eigenvalue weighted by Gasteiger charge is -2.32. The van der Waals surface area contributed by atoms with Crippen LogP contribution in [0.3, 0.4) is 0 Å². The fraction of sp³-hybridized carbons (Fsp3) is 0.450. The molecule has 6 nitrogen and oxygen atoms in total. The number of hydrogen-bond acceptors (Lipinski definition) is 3. The quantitative estimate of drug-likeness (QED) is 0.770. The number of amides is 2. The highest BCUT2D eigenvalue weighted by Gasteiger charge is 2.40.